The molecule has 1 aliphatic heterocycles. The van der Waals surface area contributed by atoms with E-state index in [0.29, 0.717) is 34.5 Å². The number of hydrogen-bond acceptors (Lipinski definition) is 18. The van der Waals surface area contributed by atoms with Gasteiger partial charge in [-0.1, -0.05) is 55.5 Å². The molecule has 5 aromatic rings. The van der Waals surface area contributed by atoms with Crippen molar-refractivity contribution >= 4 is 49.1 Å². The number of alkyl halides is 3. The first-order valence-electron chi connectivity index (χ1n) is 29.3. The van der Waals surface area contributed by atoms with Gasteiger partial charge in [-0.3, -0.25) is 25.0 Å². The van der Waals surface area contributed by atoms with Crippen molar-refractivity contribution in [2.45, 2.75) is 88.5 Å². The van der Waals surface area contributed by atoms with E-state index in [4.69, 9.17) is 33.2 Å². The Labute approximate surface area is 522 Å². The molecule has 6 rings (SSSR count). The number of nitrogens with zero attached hydrogens (tertiary/aromatic N) is 6. The molecule has 1 heterocycles. The lowest BCUT2D eigenvalue weighted by molar-refractivity contribution is -0.388. The van der Waals surface area contributed by atoms with Crippen molar-refractivity contribution < 1.29 is 82.6 Å². The van der Waals surface area contributed by atoms with Crippen molar-refractivity contribution in [3.63, 3.8) is 0 Å². The van der Waals surface area contributed by atoms with Crippen molar-refractivity contribution in [3.05, 3.63) is 146 Å². The molecule has 0 saturated carbocycles. The van der Waals surface area contributed by atoms with Crippen LogP contribution in [0.1, 0.15) is 75.9 Å². The number of sulfonamides is 2. The highest BCUT2D eigenvalue weighted by Gasteiger charge is 2.40. The fourth-order valence-corrected chi connectivity index (χ4v) is 13.0. The maximum absolute atomic E-state index is 15.3. The van der Waals surface area contributed by atoms with Gasteiger partial charge in [0.2, 0.25) is 20.0 Å². The van der Waals surface area contributed by atoms with E-state index in [1.807, 2.05) is 11.8 Å². The van der Waals surface area contributed by atoms with Crippen LogP contribution in [0, 0.1) is 20.2 Å². The van der Waals surface area contributed by atoms with Gasteiger partial charge in [-0.25, -0.2) is 21.6 Å². The van der Waals surface area contributed by atoms with Crippen LogP contribution >= 0.6 is 0 Å². The summed E-state index contributed by atoms with van der Waals surface area (Å²) in [5, 5.41) is 27.5. The van der Waals surface area contributed by atoms with E-state index in [-0.39, 0.29) is 111 Å². The third-order valence-electron chi connectivity index (χ3n) is 14.0. The van der Waals surface area contributed by atoms with Crippen LogP contribution in [0.2, 0.25) is 0 Å². The summed E-state index contributed by atoms with van der Waals surface area (Å²) in [6.07, 6.45) is -5.11. The van der Waals surface area contributed by atoms with Gasteiger partial charge in [0, 0.05) is 88.4 Å². The molecule has 492 valence electrons. The SMILES string of the molecule is CCOc1ccc(C(=O)N2CCN(c3ccc(-c4ccccc4OCC)cc3CN(CCN(CCCOCCOCCOCCOCCNC(=O)OC(C)(C)C)S(=O)(=O)c3ccccc3[N+](=O)[O-])S(=O)(=O)c3ccccc3[N+](=O)[O-])[C@H](CC)C2)c(C(F)(F)F)c1. The summed E-state index contributed by atoms with van der Waals surface area (Å²) in [6, 6.07) is 24.2. The minimum absolute atomic E-state index is 0.00158. The minimum Gasteiger partial charge on any atom is -0.494 e. The van der Waals surface area contributed by atoms with Crippen LogP contribution < -0.4 is 19.7 Å². The Bertz CT molecular complexity index is 3450. The van der Waals surface area contributed by atoms with E-state index in [1.165, 1.54) is 35.2 Å². The molecule has 0 radical (unpaired) electrons. The molecule has 90 heavy (non-hydrogen) atoms. The summed E-state index contributed by atoms with van der Waals surface area (Å²) in [7, 11) is -9.83. The molecule has 1 N–H and O–H groups in total. The average molecular weight is 1300 g/mol. The van der Waals surface area contributed by atoms with Crippen molar-refractivity contribution in [1.82, 2.24) is 18.8 Å². The predicted octanol–water partition coefficient (Wildman–Crippen LogP) is 9.59. The number of para-hydroxylation sites is 3. The Morgan fingerprint density at radius 3 is 1.80 bits per heavy atom. The normalized spacial score (nSPS) is 14.0. The number of piperazine rings is 1. The smallest absolute Gasteiger partial charge is 0.417 e. The zero-order valence-corrected chi connectivity index (χ0v) is 52.8. The third kappa shape index (κ3) is 20.0. The number of alkyl carbamates (subject to hydrolysis) is 1. The topological polar surface area (TPSA) is 278 Å². The van der Waals surface area contributed by atoms with E-state index in [2.05, 4.69) is 5.32 Å². The Balaban J connectivity index is 1.27. The number of halogens is 3. The molecule has 1 aliphatic rings. The molecule has 0 aliphatic carbocycles. The minimum atomic E-state index is -5.00. The van der Waals surface area contributed by atoms with E-state index >= 15 is 8.42 Å². The first-order valence-corrected chi connectivity index (χ1v) is 32.2. The van der Waals surface area contributed by atoms with Crippen LogP contribution in [0.25, 0.3) is 11.1 Å². The van der Waals surface area contributed by atoms with E-state index < -0.39 is 112 Å². The van der Waals surface area contributed by atoms with E-state index in [0.717, 1.165) is 45.0 Å². The van der Waals surface area contributed by atoms with Gasteiger partial charge < -0.3 is 48.3 Å². The summed E-state index contributed by atoms with van der Waals surface area (Å²) in [5.74, 6) is -0.443. The molecule has 1 fully saturated rings. The van der Waals surface area contributed by atoms with Gasteiger partial charge in [-0.2, -0.15) is 21.8 Å². The van der Waals surface area contributed by atoms with Gasteiger partial charge in [0.15, 0.2) is 9.79 Å². The number of nitro groups is 2. The lowest BCUT2D eigenvalue weighted by Crippen LogP contribution is -2.55. The molecule has 1 atom stereocenters. The zero-order valence-electron chi connectivity index (χ0n) is 51.2. The van der Waals surface area contributed by atoms with Gasteiger partial charge in [0.05, 0.1) is 80.4 Å². The fraction of sp³-hybridized carbons (Fsp3) is 0.475. The second-order valence-corrected chi connectivity index (χ2v) is 25.2. The third-order valence-corrected chi connectivity index (χ3v) is 17.8. The average Bonchev–Trinajstić information content (AvgIpc) is 0.827. The molecule has 29 heteroatoms. The molecule has 0 aromatic heterocycles. The lowest BCUT2D eigenvalue weighted by Gasteiger charge is -2.44. The summed E-state index contributed by atoms with van der Waals surface area (Å²) < 4.78 is 144. The number of rotatable bonds is 35. The molecule has 1 saturated heterocycles. The van der Waals surface area contributed by atoms with Gasteiger partial charge in [-0.15, -0.1) is 0 Å². The summed E-state index contributed by atoms with van der Waals surface area (Å²) in [6.45, 7) is 10.2. The molecule has 0 bridgehead atoms. The Morgan fingerprint density at radius 2 is 1.22 bits per heavy atom. The monoisotopic (exact) mass is 1300 g/mol. The number of nitrogens with one attached hydrogen (secondary N) is 1. The second-order valence-electron chi connectivity index (χ2n) is 21.3. The number of carbonyl (C=O) groups is 2. The molecule has 0 unspecified atom stereocenters. The number of amides is 2. The van der Waals surface area contributed by atoms with E-state index in [9.17, 15) is 51.4 Å². The van der Waals surface area contributed by atoms with Crippen molar-refractivity contribution in [2.24, 2.45) is 0 Å². The second kappa shape index (κ2) is 33.5. The Hall–Kier alpha value is -7.51. The van der Waals surface area contributed by atoms with E-state index in [1.54, 1.807) is 77.1 Å². The first-order chi connectivity index (χ1) is 42.8. The van der Waals surface area contributed by atoms with Gasteiger partial charge in [0.1, 0.15) is 17.1 Å². The first kappa shape index (κ1) is 71.6. The Morgan fingerprint density at radius 1 is 0.667 bits per heavy atom. The van der Waals surface area contributed by atoms with Crippen molar-refractivity contribution in [3.8, 4) is 22.6 Å². The lowest BCUT2D eigenvalue weighted by atomic mass is 9.98. The molecular formula is C61H78F3N7O17S2. The number of benzene rings is 5. The standard InChI is InChI=1S/C61H78F3N7O17S2/c1-7-47-44-66(58(72)50-25-24-48(86-8-2)42-51(50)61(62,63)64)29-32-69(47)52-26-23-45(49-17-10-13-20-55(49)87-9-3)41-46(52)43-68(90(80,81)57-22-15-12-19-54(57)71(76)77)31-30-67(89(78,79)56-21-14-11-18-53(56)70(74)75)28-16-33-82-35-37-84-39-40-85-38-36-83-34-27-65-59(73)88-60(4,5)6/h10-15,17-26,41-42,47H,7-9,16,27-40,43-44H2,1-6H3,(H,65,73)/t47-/m1/s1. The van der Waals surface area contributed by atoms with Crippen LogP contribution in [-0.4, -0.2) is 176 Å². The van der Waals surface area contributed by atoms with Crippen LogP contribution in [0.5, 0.6) is 11.5 Å². The molecule has 0 spiro atoms. The number of hydrogen-bond donors (Lipinski definition) is 1. The van der Waals surface area contributed by atoms with Gasteiger partial charge >= 0.3 is 12.3 Å². The maximum Gasteiger partial charge on any atom is 0.417 e. The van der Waals surface area contributed by atoms with Crippen LogP contribution in [0.3, 0.4) is 0 Å². The van der Waals surface area contributed by atoms with Crippen LogP contribution in [0.4, 0.5) is 35.0 Å². The Kier molecular flexibility index (Phi) is 26.7. The largest absolute Gasteiger partial charge is 0.494 e. The molecular weight excluding hydrogens is 1220 g/mol. The summed E-state index contributed by atoms with van der Waals surface area (Å²) in [4.78, 5) is 51.0. The highest BCUT2D eigenvalue weighted by Crippen LogP contribution is 2.39. The molecule has 24 nitrogen and oxygen atoms in total. The maximum atomic E-state index is 15.3. The van der Waals surface area contributed by atoms with Gasteiger partial charge in [0.25, 0.3) is 17.3 Å². The highest BCUT2D eigenvalue weighted by molar-refractivity contribution is 7.89. The van der Waals surface area contributed by atoms with Crippen molar-refractivity contribution in [1.29, 1.82) is 0 Å². The highest BCUT2D eigenvalue weighted by atomic mass is 32.2. The number of carbonyl (C=O) groups excluding carboxylic acids is 2. The number of ether oxygens (including phenoxy) is 7. The molecule has 5 aromatic carbocycles. The fourth-order valence-electron chi connectivity index (χ4n) is 9.85. The van der Waals surface area contributed by atoms with Crippen LogP contribution in [-0.2, 0) is 56.5 Å². The van der Waals surface area contributed by atoms with Crippen LogP contribution in [0.15, 0.2) is 119 Å². The number of anilines is 1. The van der Waals surface area contributed by atoms with Crippen molar-refractivity contribution in [2.75, 3.05) is 117 Å². The predicted molar refractivity (Wildman–Crippen MR) is 328 cm³/mol. The molecule has 2 amide bonds. The quantitative estimate of drug-likeness (QED) is 0.0224. The summed E-state index contributed by atoms with van der Waals surface area (Å²) in [5.41, 5.74) is -2.00. The van der Waals surface area contributed by atoms with Gasteiger partial charge in [-0.05, 0) is 107 Å². The number of nitro benzene ring substituents is 2. The zero-order chi connectivity index (χ0) is 65.7. The summed E-state index contributed by atoms with van der Waals surface area (Å²) >= 11 is 0.